The summed E-state index contributed by atoms with van der Waals surface area (Å²) in [6.45, 7) is 4.67. The third kappa shape index (κ3) is 4.88. The first kappa shape index (κ1) is 15.5. The molecule has 0 aliphatic heterocycles. The number of nitrogens with one attached hydrogen (secondary N) is 1. The minimum absolute atomic E-state index is 0.00724. The van der Waals surface area contributed by atoms with Crippen LogP contribution in [-0.2, 0) is 11.3 Å². The maximum Gasteiger partial charge on any atom is 0.282 e. The zero-order valence-corrected chi connectivity index (χ0v) is 13.0. The van der Waals surface area contributed by atoms with Gasteiger partial charge in [0.1, 0.15) is 6.54 Å². The van der Waals surface area contributed by atoms with E-state index in [1.165, 1.54) is 5.56 Å². The number of rotatable bonds is 5. The molecule has 0 bridgehead atoms. The van der Waals surface area contributed by atoms with E-state index in [0.717, 1.165) is 22.8 Å². The van der Waals surface area contributed by atoms with Crippen molar-refractivity contribution in [2.24, 2.45) is 0 Å². The summed E-state index contributed by atoms with van der Waals surface area (Å²) in [4.78, 5) is 12.1. The van der Waals surface area contributed by atoms with Gasteiger partial charge in [-0.3, -0.25) is 4.79 Å². The first-order valence-corrected chi connectivity index (χ1v) is 7.37. The van der Waals surface area contributed by atoms with Crippen molar-refractivity contribution in [1.82, 2.24) is 0 Å². The summed E-state index contributed by atoms with van der Waals surface area (Å²) < 4.78 is 0. The molecule has 21 heavy (non-hydrogen) atoms. The smallest absolute Gasteiger partial charge is 0.282 e. The van der Waals surface area contributed by atoms with Crippen molar-refractivity contribution in [1.29, 1.82) is 0 Å². The molecule has 0 aliphatic carbocycles. The van der Waals surface area contributed by atoms with Gasteiger partial charge in [-0.05, 0) is 38.1 Å². The van der Waals surface area contributed by atoms with Crippen LogP contribution in [0.5, 0.6) is 0 Å². The van der Waals surface area contributed by atoms with Crippen molar-refractivity contribution in [3.05, 3.63) is 64.7 Å². The number of hydrogen-bond acceptors (Lipinski definition) is 1. The van der Waals surface area contributed by atoms with Crippen LogP contribution in [0.25, 0.3) is 0 Å². The average Bonchev–Trinajstić information content (AvgIpc) is 2.48. The Balaban J connectivity index is 1.84. The summed E-state index contributed by atoms with van der Waals surface area (Å²) in [5, 5.41) is 5.66. The molecule has 2 aromatic rings. The number of aryl methyl sites for hydroxylation is 1. The summed E-state index contributed by atoms with van der Waals surface area (Å²) in [6, 6.07) is 15.3. The molecule has 0 heterocycles. The van der Waals surface area contributed by atoms with Gasteiger partial charge < -0.3 is 10.6 Å². The molecule has 0 radical (unpaired) electrons. The van der Waals surface area contributed by atoms with Gasteiger partial charge in [-0.15, -0.1) is 0 Å². The normalized spacial score (nSPS) is 12.0. The maximum absolute atomic E-state index is 12.1. The van der Waals surface area contributed by atoms with Crippen LogP contribution >= 0.6 is 11.6 Å². The third-order valence-corrected chi connectivity index (χ3v) is 3.61. The standard InChI is InChI=1S/C17H19ClN2O/c1-12-3-9-16(10-4-12)20-17(21)13(2)19-11-14-5-7-15(18)8-6-14/h3-10,13,19H,11H2,1-2H3,(H,20,21)/p+1/t13-/m1/s1. The monoisotopic (exact) mass is 303 g/mol. The summed E-state index contributed by atoms with van der Waals surface area (Å²) in [5.74, 6) is 0.00724. The molecule has 2 rings (SSSR count). The van der Waals surface area contributed by atoms with E-state index in [0.29, 0.717) is 0 Å². The van der Waals surface area contributed by atoms with Gasteiger partial charge in [-0.25, -0.2) is 0 Å². The van der Waals surface area contributed by atoms with Crippen molar-refractivity contribution in [3.8, 4) is 0 Å². The predicted octanol–water partition coefficient (Wildman–Crippen LogP) is 2.74. The number of nitrogens with two attached hydrogens (primary N) is 1. The number of carbonyl (C=O) groups excluding carboxylic acids is 1. The van der Waals surface area contributed by atoms with Crippen LogP contribution in [0.4, 0.5) is 5.69 Å². The van der Waals surface area contributed by atoms with E-state index in [2.05, 4.69) is 5.32 Å². The van der Waals surface area contributed by atoms with Crippen LogP contribution in [-0.4, -0.2) is 11.9 Å². The van der Waals surface area contributed by atoms with Gasteiger partial charge in [0.25, 0.3) is 5.91 Å². The van der Waals surface area contributed by atoms with Crippen molar-refractivity contribution in [2.75, 3.05) is 5.32 Å². The Morgan fingerprint density at radius 1 is 1.14 bits per heavy atom. The number of amides is 1. The van der Waals surface area contributed by atoms with Crippen LogP contribution < -0.4 is 10.6 Å². The summed E-state index contributed by atoms with van der Waals surface area (Å²) >= 11 is 5.85. The summed E-state index contributed by atoms with van der Waals surface area (Å²) in [6.07, 6.45) is 0. The molecule has 0 fully saturated rings. The topological polar surface area (TPSA) is 45.7 Å². The Bertz CT molecular complexity index is 593. The van der Waals surface area contributed by atoms with Crippen molar-refractivity contribution in [3.63, 3.8) is 0 Å². The summed E-state index contributed by atoms with van der Waals surface area (Å²) in [7, 11) is 0. The maximum atomic E-state index is 12.1. The van der Waals surface area contributed by atoms with E-state index in [9.17, 15) is 4.79 Å². The lowest BCUT2D eigenvalue weighted by Gasteiger charge is -2.11. The molecule has 4 heteroatoms. The van der Waals surface area contributed by atoms with E-state index in [4.69, 9.17) is 11.6 Å². The molecule has 0 saturated heterocycles. The van der Waals surface area contributed by atoms with Gasteiger partial charge in [0.05, 0.1) is 0 Å². The molecule has 1 atom stereocenters. The highest BCUT2D eigenvalue weighted by Gasteiger charge is 2.15. The Kier molecular flexibility index (Phi) is 5.37. The number of carbonyl (C=O) groups is 1. The molecule has 2 aromatic carbocycles. The number of benzene rings is 2. The van der Waals surface area contributed by atoms with Gasteiger partial charge in [-0.1, -0.05) is 41.4 Å². The number of halogens is 1. The lowest BCUT2D eigenvalue weighted by Crippen LogP contribution is -2.90. The van der Waals surface area contributed by atoms with E-state index < -0.39 is 0 Å². The van der Waals surface area contributed by atoms with Gasteiger partial charge in [0.2, 0.25) is 0 Å². The average molecular weight is 304 g/mol. The highest BCUT2D eigenvalue weighted by atomic mass is 35.5. The minimum atomic E-state index is -0.151. The molecular formula is C17H20ClN2O+. The third-order valence-electron chi connectivity index (χ3n) is 3.35. The number of hydrogen-bond donors (Lipinski definition) is 2. The van der Waals surface area contributed by atoms with Gasteiger partial charge in [0.15, 0.2) is 6.04 Å². The molecule has 0 spiro atoms. The fourth-order valence-corrected chi connectivity index (χ4v) is 2.06. The molecular weight excluding hydrogens is 284 g/mol. The van der Waals surface area contributed by atoms with Crippen LogP contribution in [0.1, 0.15) is 18.1 Å². The highest BCUT2D eigenvalue weighted by Crippen LogP contribution is 2.09. The first-order valence-electron chi connectivity index (χ1n) is 7.00. The summed E-state index contributed by atoms with van der Waals surface area (Å²) in [5.41, 5.74) is 3.15. The lowest BCUT2D eigenvalue weighted by molar-refractivity contribution is -0.688. The molecule has 1 amide bonds. The second kappa shape index (κ2) is 7.25. The number of quaternary nitrogens is 1. The van der Waals surface area contributed by atoms with Crippen LogP contribution in [0, 0.1) is 6.92 Å². The molecule has 3 N–H and O–H groups in total. The van der Waals surface area contributed by atoms with Crippen LogP contribution in [0.15, 0.2) is 48.5 Å². The predicted molar refractivity (Wildman–Crippen MR) is 86.4 cm³/mol. The van der Waals surface area contributed by atoms with Gasteiger partial charge in [-0.2, -0.15) is 0 Å². The second-order valence-corrected chi connectivity index (χ2v) is 5.65. The van der Waals surface area contributed by atoms with Crippen LogP contribution in [0.2, 0.25) is 5.02 Å². The lowest BCUT2D eigenvalue weighted by atomic mass is 10.2. The fourth-order valence-electron chi connectivity index (χ4n) is 1.93. The first-order chi connectivity index (χ1) is 10.0. The Labute approximate surface area is 130 Å². The van der Waals surface area contributed by atoms with Gasteiger partial charge >= 0.3 is 0 Å². The van der Waals surface area contributed by atoms with E-state index in [-0.39, 0.29) is 11.9 Å². The molecule has 0 unspecified atom stereocenters. The van der Waals surface area contributed by atoms with Crippen molar-refractivity contribution in [2.45, 2.75) is 26.4 Å². The minimum Gasteiger partial charge on any atom is -0.333 e. The van der Waals surface area contributed by atoms with E-state index in [1.807, 2.05) is 67.7 Å². The Hall–Kier alpha value is -1.84. The molecule has 0 aliphatic rings. The highest BCUT2D eigenvalue weighted by molar-refractivity contribution is 6.30. The Morgan fingerprint density at radius 3 is 2.38 bits per heavy atom. The molecule has 3 nitrogen and oxygen atoms in total. The zero-order valence-electron chi connectivity index (χ0n) is 12.3. The largest absolute Gasteiger partial charge is 0.333 e. The quantitative estimate of drug-likeness (QED) is 0.876. The number of anilines is 1. The van der Waals surface area contributed by atoms with E-state index in [1.54, 1.807) is 0 Å². The SMILES string of the molecule is Cc1ccc(NC(=O)[C@@H](C)[NH2+]Cc2ccc(Cl)cc2)cc1. The van der Waals surface area contributed by atoms with E-state index >= 15 is 0 Å². The fraction of sp³-hybridized carbons (Fsp3) is 0.235. The van der Waals surface area contributed by atoms with Crippen LogP contribution in [0.3, 0.4) is 0 Å². The van der Waals surface area contributed by atoms with Crippen molar-refractivity contribution >= 4 is 23.2 Å². The van der Waals surface area contributed by atoms with Gasteiger partial charge in [0, 0.05) is 16.3 Å². The molecule has 0 aromatic heterocycles. The van der Waals surface area contributed by atoms with Crippen molar-refractivity contribution < 1.29 is 10.1 Å². The second-order valence-electron chi connectivity index (χ2n) is 5.21. The molecule has 0 saturated carbocycles. The Morgan fingerprint density at radius 2 is 1.76 bits per heavy atom. The zero-order chi connectivity index (χ0) is 15.2. The molecule has 110 valence electrons.